The van der Waals surface area contributed by atoms with E-state index in [-0.39, 0.29) is 6.04 Å². The molecule has 2 N–H and O–H groups in total. The number of aliphatic imine (C=N–C) groups is 1. The predicted molar refractivity (Wildman–Crippen MR) is 124 cm³/mol. The average molecular weight is 412 g/mol. The van der Waals surface area contributed by atoms with E-state index in [1.54, 1.807) is 6.26 Å². The van der Waals surface area contributed by atoms with E-state index in [2.05, 4.69) is 69.6 Å². The Morgan fingerprint density at radius 3 is 2.37 bits per heavy atom. The van der Waals surface area contributed by atoms with E-state index in [0.29, 0.717) is 0 Å². The lowest BCUT2D eigenvalue weighted by molar-refractivity contribution is 0.215. The third kappa shape index (κ3) is 6.34. The molecule has 1 saturated heterocycles. The summed E-state index contributed by atoms with van der Waals surface area (Å²) >= 11 is 0. The van der Waals surface area contributed by atoms with Gasteiger partial charge in [-0.25, -0.2) is 0 Å². The lowest BCUT2D eigenvalue weighted by Gasteiger charge is -2.26. The van der Waals surface area contributed by atoms with Gasteiger partial charge in [0.2, 0.25) is 0 Å². The molecule has 3 rings (SSSR count). The number of guanidine groups is 1. The van der Waals surface area contributed by atoms with E-state index in [9.17, 15) is 0 Å². The van der Waals surface area contributed by atoms with Gasteiger partial charge in [0.25, 0.3) is 0 Å². The summed E-state index contributed by atoms with van der Waals surface area (Å²) in [7, 11) is 1.82. The number of rotatable bonds is 10. The van der Waals surface area contributed by atoms with Gasteiger partial charge in [-0.3, -0.25) is 14.8 Å². The van der Waals surface area contributed by atoms with Crippen molar-refractivity contribution in [3.8, 4) is 0 Å². The summed E-state index contributed by atoms with van der Waals surface area (Å²) in [6, 6.07) is 13.1. The first kappa shape index (κ1) is 22.4. The Hall–Kier alpha value is -2.31. The minimum absolute atomic E-state index is 0.236. The first-order chi connectivity index (χ1) is 14.7. The molecule has 0 saturated carbocycles. The van der Waals surface area contributed by atoms with Crippen molar-refractivity contribution in [1.29, 1.82) is 0 Å². The van der Waals surface area contributed by atoms with Crippen LogP contribution in [0.5, 0.6) is 0 Å². The summed E-state index contributed by atoms with van der Waals surface area (Å²) in [5, 5.41) is 6.93. The van der Waals surface area contributed by atoms with Crippen molar-refractivity contribution >= 4 is 5.96 Å². The van der Waals surface area contributed by atoms with Gasteiger partial charge in [0.15, 0.2) is 5.96 Å². The minimum Gasteiger partial charge on any atom is -0.468 e. The Balaban J connectivity index is 1.50. The van der Waals surface area contributed by atoms with E-state index >= 15 is 0 Å². The Labute approximate surface area is 181 Å². The first-order valence-corrected chi connectivity index (χ1v) is 11.3. The summed E-state index contributed by atoms with van der Waals surface area (Å²) < 4.78 is 5.71. The van der Waals surface area contributed by atoms with Gasteiger partial charge in [-0.1, -0.05) is 38.1 Å². The molecule has 1 aliphatic rings. The smallest absolute Gasteiger partial charge is 0.191 e. The standard InChI is InChI=1S/C24H37N5O/c1-4-28(5-2)19-21-12-10-20(11-13-21)17-26-24(25-3)27-18-22(23-9-8-16-30-23)29-14-6-7-15-29/h8-13,16,22H,4-7,14-15,17-19H2,1-3H3,(H2,25,26,27). The molecule has 0 radical (unpaired) electrons. The quantitative estimate of drug-likeness (QED) is 0.462. The van der Waals surface area contributed by atoms with Gasteiger partial charge in [0.05, 0.1) is 12.3 Å². The number of likely N-dealkylation sites (tertiary alicyclic amines) is 1. The molecule has 6 heteroatoms. The second-order valence-electron chi connectivity index (χ2n) is 7.86. The van der Waals surface area contributed by atoms with Crippen LogP contribution < -0.4 is 10.6 Å². The van der Waals surface area contributed by atoms with Crippen molar-refractivity contribution in [2.75, 3.05) is 39.8 Å². The molecule has 1 aliphatic heterocycles. The molecule has 1 aromatic carbocycles. The van der Waals surface area contributed by atoms with E-state index in [1.165, 1.54) is 24.0 Å². The van der Waals surface area contributed by atoms with Crippen molar-refractivity contribution in [2.24, 2.45) is 4.99 Å². The van der Waals surface area contributed by atoms with Gasteiger partial charge in [-0.05, 0) is 62.3 Å². The lowest BCUT2D eigenvalue weighted by Crippen LogP contribution is -2.42. The van der Waals surface area contributed by atoms with E-state index in [1.807, 2.05) is 13.1 Å². The summed E-state index contributed by atoms with van der Waals surface area (Å²) in [5.41, 5.74) is 2.61. The molecule has 1 fully saturated rings. The molecule has 0 amide bonds. The van der Waals surface area contributed by atoms with Gasteiger partial charge < -0.3 is 15.1 Å². The van der Waals surface area contributed by atoms with E-state index < -0.39 is 0 Å². The van der Waals surface area contributed by atoms with E-state index in [0.717, 1.165) is 57.5 Å². The van der Waals surface area contributed by atoms with Crippen LogP contribution in [-0.2, 0) is 13.1 Å². The number of nitrogens with one attached hydrogen (secondary N) is 2. The minimum atomic E-state index is 0.236. The monoisotopic (exact) mass is 411 g/mol. The summed E-state index contributed by atoms with van der Waals surface area (Å²) in [6.07, 6.45) is 4.28. The second kappa shape index (κ2) is 11.8. The molecule has 1 aromatic heterocycles. The van der Waals surface area contributed by atoms with Gasteiger partial charge in [0.1, 0.15) is 5.76 Å². The SMILES string of the molecule is CCN(CC)Cc1ccc(CNC(=NC)NCC(c2ccco2)N2CCCC2)cc1. The Morgan fingerprint density at radius 1 is 1.07 bits per heavy atom. The van der Waals surface area contributed by atoms with Crippen LogP contribution in [0, 0.1) is 0 Å². The fourth-order valence-electron chi connectivity index (χ4n) is 4.01. The van der Waals surface area contributed by atoms with E-state index in [4.69, 9.17) is 4.42 Å². The number of hydrogen-bond acceptors (Lipinski definition) is 4. The van der Waals surface area contributed by atoms with Gasteiger partial charge in [-0.2, -0.15) is 0 Å². The van der Waals surface area contributed by atoms with Crippen LogP contribution >= 0.6 is 0 Å². The number of furan rings is 1. The van der Waals surface area contributed by atoms with Crippen LogP contribution in [0.1, 0.15) is 49.6 Å². The fraction of sp³-hybridized carbons (Fsp3) is 0.542. The number of benzene rings is 1. The van der Waals surface area contributed by atoms with Gasteiger partial charge in [-0.15, -0.1) is 0 Å². The normalized spacial score (nSPS) is 16.2. The van der Waals surface area contributed by atoms with Crippen LogP contribution in [0.25, 0.3) is 0 Å². The van der Waals surface area contributed by atoms with Gasteiger partial charge >= 0.3 is 0 Å². The van der Waals surface area contributed by atoms with Crippen molar-refractivity contribution in [3.05, 3.63) is 59.5 Å². The summed E-state index contributed by atoms with van der Waals surface area (Å²) in [6.45, 7) is 11.4. The van der Waals surface area contributed by atoms with Crippen LogP contribution in [0.2, 0.25) is 0 Å². The van der Waals surface area contributed by atoms with Crippen LogP contribution in [-0.4, -0.2) is 55.5 Å². The highest BCUT2D eigenvalue weighted by Crippen LogP contribution is 2.24. The summed E-state index contributed by atoms with van der Waals surface area (Å²) in [4.78, 5) is 9.32. The highest BCUT2D eigenvalue weighted by atomic mass is 16.3. The molecule has 30 heavy (non-hydrogen) atoms. The zero-order chi connectivity index (χ0) is 21.2. The molecule has 0 bridgehead atoms. The number of hydrogen-bond donors (Lipinski definition) is 2. The third-order valence-corrected chi connectivity index (χ3v) is 5.92. The molecule has 2 heterocycles. The third-order valence-electron chi connectivity index (χ3n) is 5.92. The molecular formula is C24H37N5O. The van der Waals surface area contributed by atoms with Crippen LogP contribution in [0.15, 0.2) is 52.1 Å². The molecule has 6 nitrogen and oxygen atoms in total. The largest absolute Gasteiger partial charge is 0.468 e. The highest BCUT2D eigenvalue weighted by Gasteiger charge is 2.25. The van der Waals surface area contributed by atoms with Crippen molar-refractivity contribution in [2.45, 2.75) is 45.8 Å². The zero-order valence-corrected chi connectivity index (χ0v) is 18.7. The first-order valence-electron chi connectivity index (χ1n) is 11.3. The Kier molecular flexibility index (Phi) is 8.78. The van der Waals surface area contributed by atoms with Crippen LogP contribution in [0.4, 0.5) is 0 Å². The Bertz CT molecular complexity index is 746. The van der Waals surface area contributed by atoms with Crippen molar-refractivity contribution < 1.29 is 4.42 Å². The predicted octanol–water partition coefficient (Wildman–Crippen LogP) is 3.62. The molecule has 1 unspecified atom stereocenters. The molecule has 1 atom stereocenters. The summed E-state index contributed by atoms with van der Waals surface area (Å²) in [5.74, 6) is 1.83. The fourth-order valence-corrected chi connectivity index (χ4v) is 4.01. The molecule has 2 aromatic rings. The van der Waals surface area contributed by atoms with Gasteiger partial charge in [0, 0.05) is 26.7 Å². The molecule has 0 spiro atoms. The van der Waals surface area contributed by atoms with Crippen molar-refractivity contribution in [1.82, 2.24) is 20.4 Å². The average Bonchev–Trinajstić information content (AvgIpc) is 3.50. The molecule has 0 aliphatic carbocycles. The second-order valence-corrected chi connectivity index (χ2v) is 7.86. The molecule has 164 valence electrons. The topological polar surface area (TPSA) is 56.0 Å². The maximum atomic E-state index is 5.71. The van der Waals surface area contributed by atoms with Crippen molar-refractivity contribution in [3.63, 3.8) is 0 Å². The maximum absolute atomic E-state index is 5.71. The van der Waals surface area contributed by atoms with Crippen LogP contribution in [0.3, 0.4) is 0 Å². The maximum Gasteiger partial charge on any atom is 0.191 e. The zero-order valence-electron chi connectivity index (χ0n) is 18.7. The highest BCUT2D eigenvalue weighted by molar-refractivity contribution is 5.79. The molecular weight excluding hydrogens is 374 g/mol. The lowest BCUT2D eigenvalue weighted by atomic mass is 10.1. The number of nitrogens with zero attached hydrogens (tertiary/aromatic N) is 3. The Morgan fingerprint density at radius 2 is 1.77 bits per heavy atom.